The fraction of sp³-hybridized carbons (Fsp3) is 0.630. The third kappa shape index (κ3) is 52.8. The number of nitrogens with two attached hydrogens (primary N) is 1. The molecule has 9 heteroatoms. The number of primary amides is 1. The highest BCUT2D eigenvalue weighted by molar-refractivity contribution is 5.76. The van der Waals surface area contributed by atoms with Crippen LogP contribution in [0.1, 0.15) is 135 Å². The Morgan fingerprint density at radius 2 is 1.44 bits per heavy atom. The second kappa shape index (κ2) is 48.6. The number of hydrogen-bond donors (Lipinski definition) is 4. The number of hydrogen-bond acceptors (Lipinski definition) is 7. The lowest BCUT2D eigenvalue weighted by atomic mass is 10.0. The van der Waals surface area contributed by atoms with Gasteiger partial charge in [-0.25, -0.2) is 0 Å². The maximum absolute atomic E-state index is 11.0. The molecular formula is C46H89N5O4. The van der Waals surface area contributed by atoms with Crippen LogP contribution in [0.25, 0.3) is 0 Å². The topological polar surface area (TPSA) is 132 Å². The lowest BCUT2D eigenvalue weighted by molar-refractivity contribution is -0.122. The molecule has 1 aliphatic heterocycles. The van der Waals surface area contributed by atoms with E-state index in [2.05, 4.69) is 39.3 Å². The molecule has 2 aliphatic rings. The Labute approximate surface area is 341 Å². The molecule has 1 aliphatic carbocycles. The van der Waals surface area contributed by atoms with Crippen LogP contribution < -0.4 is 11.1 Å². The van der Waals surface area contributed by atoms with E-state index in [9.17, 15) is 14.7 Å². The van der Waals surface area contributed by atoms with Gasteiger partial charge in [0.2, 0.25) is 12.3 Å². The summed E-state index contributed by atoms with van der Waals surface area (Å²) in [6.45, 7) is 40.4. The third-order valence-electron chi connectivity index (χ3n) is 6.99. The quantitative estimate of drug-likeness (QED) is 0.106. The van der Waals surface area contributed by atoms with E-state index in [1.807, 2.05) is 139 Å². The van der Waals surface area contributed by atoms with E-state index in [0.29, 0.717) is 19.4 Å². The Balaban J connectivity index is -0.000000150. The molecule has 1 aromatic rings. The normalized spacial score (nSPS) is 14.5. The van der Waals surface area contributed by atoms with Crippen molar-refractivity contribution in [2.24, 2.45) is 11.7 Å². The Morgan fingerprint density at radius 1 is 0.945 bits per heavy atom. The van der Waals surface area contributed by atoms with Gasteiger partial charge in [0.25, 0.3) is 0 Å². The van der Waals surface area contributed by atoms with Crippen LogP contribution in [-0.2, 0) is 16.1 Å². The van der Waals surface area contributed by atoms with Crippen molar-refractivity contribution < 1.29 is 19.8 Å². The number of allylic oxidation sites excluding steroid dienone is 8. The van der Waals surface area contributed by atoms with Crippen LogP contribution in [0.5, 0.6) is 0 Å². The van der Waals surface area contributed by atoms with Crippen LogP contribution in [-0.4, -0.2) is 88.8 Å². The number of β-amino-alcohol motifs (C(OH)–C–C–N with tert-alkyl or cyclic N) is 1. The number of aliphatic hydroxyl groups excluding tert-OH is 2. The second-order valence-electron chi connectivity index (χ2n) is 13.0. The zero-order valence-corrected chi connectivity index (χ0v) is 38.3. The molecule has 1 saturated heterocycles. The van der Waals surface area contributed by atoms with Crippen molar-refractivity contribution in [1.82, 2.24) is 20.1 Å². The highest BCUT2D eigenvalue weighted by atomic mass is 16.3. The van der Waals surface area contributed by atoms with Gasteiger partial charge in [0.15, 0.2) is 0 Å². The first-order valence-corrected chi connectivity index (χ1v) is 20.3. The van der Waals surface area contributed by atoms with Gasteiger partial charge in [-0.15, -0.1) is 0 Å². The monoisotopic (exact) mass is 776 g/mol. The largest absolute Gasteiger partial charge is 0.400 e. The second-order valence-corrected chi connectivity index (χ2v) is 13.0. The Morgan fingerprint density at radius 3 is 1.75 bits per heavy atom. The SMILES string of the molecule is C/C=C\C.C=C(C)/C=C\C=C/C.C=C1CCCC1.CC.CC.CC.CC(C)(C)NC=O.CC(CC(O)CN1CCN(Cc2cccnc2)CC1)C(N)=O.CO. The summed E-state index contributed by atoms with van der Waals surface area (Å²) < 4.78 is 0. The minimum Gasteiger partial charge on any atom is -0.400 e. The minimum atomic E-state index is -0.493. The number of pyridine rings is 1. The van der Waals surface area contributed by atoms with Gasteiger partial charge >= 0.3 is 0 Å². The average Bonchev–Trinajstić information content (AvgIpc) is 3.67. The molecule has 2 fully saturated rings. The first-order chi connectivity index (χ1) is 26.2. The molecule has 0 radical (unpaired) electrons. The molecule has 2 unspecified atom stereocenters. The standard InChI is InChI=1S/C16H26N4O2.C8H12.C6H10.C5H11NO.C4H8.3C2H6.CH4O/c1-13(16(17)22)9-15(21)12-20-7-5-19(6-8-20)11-14-3-2-4-18-10-14;1-4-5-6-7-8(2)3;1-6-4-2-3-5-6;1-5(2,3)6-4-7;1-3-4-2;4*1-2/h2-4,10,13,15,21H,5-9,11-12H2,1H3,(H2,17,22);4-7H,2H2,1,3H3;1-5H2;4H,1-3H3,(H,6,7);3-4H,1-2H3;3*1-2H3;2H,1H3/b;5-4-,7-6-;;;4-3-;;;;. The fourth-order valence-electron chi connectivity index (χ4n) is 4.16. The average molecular weight is 776 g/mol. The van der Waals surface area contributed by atoms with Crippen LogP contribution in [0, 0.1) is 5.92 Å². The van der Waals surface area contributed by atoms with Crippen molar-refractivity contribution in [1.29, 1.82) is 0 Å². The molecule has 0 aromatic carbocycles. The van der Waals surface area contributed by atoms with Gasteiger partial charge in [0.05, 0.1) is 6.10 Å². The molecule has 2 heterocycles. The van der Waals surface area contributed by atoms with E-state index in [4.69, 9.17) is 10.8 Å². The maximum atomic E-state index is 11.0. The van der Waals surface area contributed by atoms with Gasteiger partial charge in [-0.2, -0.15) is 0 Å². The molecule has 5 N–H and O–H groups in total. The number of rotatable bonds is 10. The summed E-state index contributed by atoms with van der Waals surface area (Å²) in [6.07, 6.45) is 21.6. The number of carbonyl (C=O) groups excluding carboxylic acids is 2. The molecule has 322 valence electrons. The predicted octanol–water partition coefficient (Wildman–Crippen LogP) is 9.68. The van der Waals surface area contributed by atoms with E-state index in [1.54, 1.807) is 13.1 Å². The van der Waals surface area contributed by atoms with Crippen molar-refractivity contribution >= 4 is 12.3 Å². The summed E-state index contributed by atoms with van der Waals surface area (Å²) in [4.78, 5) is 29.5. The number of piperazine rings is 1. The zero-order valence-electron chi connectivity index (χ0n) is 38.3. The first kappa shape index (κ1) is 63.6. The highest BCUT2D eigenvalue weighted by Gasteiger charge is 2.21. The summed E-state index contributed by atoms with van der Waals surface area (Å²) in [5.41, 5.74) is 8.93. The molecule has 0 spiro atoms. The van der Waals surface area contributed by atoms with Crippen LogP contribution in [0.4, 0.5) is 0 Å². The van der Waals surface area contributed by atoms with E-state index in [-0.39, 0.29) is 17.4 Å². The first-order valence-electron chi connectivity index (χ1n) is 20.3. The number of amides is 2. The Hall–Kier alpha value is -3.37. The number of aromatic nitrogens is 1. The van der Waals surface area contributed by atoms with Gasteiger partial charge in [0, 0.05) is 70.2 Å². The summed E-state index contributed by atoms with van der Waals surface area (Å²) in [5.74, 6) is -0.623. The molecule has 3 rings (SSSR count). The van der Waals surface area contributed by atoms with Crippen molar-refractivity contribution in [2.45, 2.75) is 147 Å². The summed E-state index contributed by atoms with van der Waals surface area (Å²) in [6, 6.07) is 4.05. The molecular weight excluding hydrogens is 687 g/mol. The molecule has 1 aromatic heterocycles. The number of aliphatic hydroxyl groups is 2. The smallest absolute Gasteiger partial charge is 0.220 e. The van der Waals surface area contributed by atoms with E-state index in [1.165, 1.54) is 36.8 Å². The van der Waals surface area contributed by atoms with Crippen LogP contribution in [0.2, 0.25) is 0 Å². The van der Waals surface area contributed by atoms with Crippen LogP contribution in [0.3, 0.4) is 0 Å². The summed E-state index contributed by atoms with van der Waals surface area (Å²) in [5, 5.41) is 19.7. The predicted molar refractivity (Wildman–Crippen MR) is 243 cm³/mol. The number of carbonyl (C=O) groups is 2. The van der Waals surface area contributed by atoms with Crippen molar-refractivity contribution in [2.75, 3.05) is 39.8 Å². The summed E-state index contributed by atoms with van der Waals surface area (Å²) >= 11 is 0. The van der Waals surface area contributed by atoms with Crippen molar-refractivity contribution in [3.8, 4) is 0 Å². The molecule has 1 saturated carbocycles. The zero-order chi connectivity index (χ0) is 44.1. The van der Waals surface area contributed by atoms with Crippen molar-refractivity contribution in [3.63, 3.8) is 0 Å². The van der Waals surface area contributed by atoms with Crippen LogP contribution >= 0.6 is 0 Å². The van der Waals surface area contributed by atoms with E-state index < -0.39 is 6.10 Å². The third-order valence-corrected chi connectivity index (χ3v) is 6.99. The van der Waals surface area contributed by atoms with Crippen molar-refractivity contribution in [3.05, 3.63) is 90.9 Å². The Bertz CT molecular complexity index is 1050. The highest BCUT2D eigenvalue weighted by Crippen LogP contribution is 2.20. The fourth-order valence-corrected chi connectivity index (χ4v) is 4.16. The van der Waals surface area contributed by atoms with Gasteiger partial charge in [-0.1, -0.05) is 115 Å². The van der Waals surface area contributed by atoms with Gasteiger partial charge in [0.1, 0.15) is 0 Å². The van der Waals surface area contributed by atoms with E-state index in [0.717, 1.165) is 45.4 Å². The Kier molecular flexibility index (Phi) is 56.2. The molecule has 2 amide bonds. The maximum Gasteiger partial charge on any atom is 0.220 e. The molecule has 2 atom stereocenters. The van der Waals surface area contributed by atoms with Crippen LogP contribution in [0.15, 0.2) is 85.3 Å². The minimum absolute atomic E-state index is 0.0677. The number of nitrogens with one attached hydrogen (secondary N) is 1. The lowest BCUT2D eigenvalue weighted by Gasteiger charge is -2.35. The van der Waals surface area contributed by atoms with Gasteiger partial charge in [-0.05, 0) is 92.2 Å². The lowest BCUT2D eigenvalue weighted by Crippen LogP contribution is -2.48. The van der Waals surface area contributed by atoms with E-state index >= 15 is 0 Å². The summed E-state index contributed by atoms with van der Waals surface area (Å²) in [7, 11) is 1.00. The van der Waals surface area contributed by atoms with Gasteiger partial charge < -0.3 is 21.3 Å². The molecule has 9 nitrogen and oxygen atoms in total. The number of nitrogens with zero attached hydrogens (tertiary/aromatic N) is 3. The van der Waals surface area contributed by atoms with Gasteiger partial charge in [-0.3, -0.25) is 24.4 Å². The molecule has 0 bridgehead atoms. The molecule has 55 heavy (non-hydrogen) atoms.